The number of fused-ring (bicyclic) bond motifs is 1. The number of nitrogens with one attached hydrogen (secondary N) is 1. The molecule has 0 aliphatic carbocycles. The van der Waals surface area contributed by atoms with Crippen LogP contribution in [0.2, 0.25) is 0 Å². The molecule has 0 spiro atoms. The molecule has 0 radical (unpaired) electrons. The number of ether oxygens (including phenoxy) is 1. The average molecular weight is 375 g/mol. The summed E-state index contributed by atoms with van der Waals surface area (Å²) in [5, 5.41) is 3.16. The fourth-order valence-corrected chi connectivity index (χ4v) is 3.93. The van der Waals surface area contributed by atoms with Crippen molar-refractivity contribution in [3.8, 4) is 0 Å². The molecule has 3 rings (SSSR count). The first-order valence-electron chi connectivity index (χ1n) is 9.66. The lowest BCUT2D eigenvalue weighted by Crippen LogP contribution is -2.40. The third-order valence-electron chi connectivity index (χ3n) is 5.39. The highest BCUT2D eigenvalue weighted by Crippen LogP contribution is 2.32. The number of methoxy groups -OCH3 is 1. The lowest BCUT2D eigenvalue weighted by atomic mass is 10.00. The third kappa shape index (κ3) is 4.21. The summed E-state index contributed by atoms with van der Waals surface area (Å²) in [6, 6.07) is -0.0602. The van der Waals surface area contributed by atoms with Crippen molar-refractivity contribution in [1.82, 2.24) is 19.8 Å². The smallest absolute Gasteiger partial charge is 0.225 e. The summed E-state index contributed by atoms with van der Waals surface area (Å²) in [4.78, 5) is 37.7. The monoisotopic (exact) mass is 375 g/mol. The molecule has 1 aromatic rings. The second kappa shape index (κ2) is 8.65. The number of hydrogen-bond acceptors (Lipinski definition) is 6. The van der Waals surface area contributed by atoms with E-state index in [1.807, 2.05) is 16.8 Å². The summed E-state index contributed by atoms with van der Waals surface area (Å²) >= 11 is 0. The molecule has 148 valence electrons. The molecule has 0 saturated carbocycles. The number of amides is 2. The van der Waals surface area contributed by atoms with Crippen LogP contribution in [0.15, 0.2) is 0 Å². The first-order chi connectivity index (χ1) is 13.0. The predicted octanol–water partition coefficient (Wildman–Crippen LogP) is 1.51. The molecule has 8 heteroatoms. The highest BCUT2D eigenvalue weighted by Gasteiger charge is 2.31. The summed E-state index contributed by atoms with van der Waals surface area (Å²) in [7, 11) is 3.44. The molecule has 1 atom stereocenters. The van der Waals surface area contributed by atoms with Crippen molar-refractivity contribution in [2.24, 2.45) is 0 Å². The Hall–Kier alpha value is -2.22. The van der Waals surface area contributed by atoms with Crippen molar-refractivity contribution in [2.75, 3.05) is 39.2 Å². The Morgan fingerprint density at radius 3 is 2.78 bits per heavy atom. The molecular weight excluding hydrogens is 346 g/mol. The zero-order valence-electron chi connectivity index (χ0n) is 16.5. The molecule has 1 aromatic heterocycles. The largest absolute Gasteiger partial charge is 0.384 e. The van der Waals surface area contributed by atoms with Gasteiger partial charge in [-0.2, -0.15) is 0 Å². The second-order valence-electron chi connectivity index (χ2n) is 7.14. The minimum absolute atomic E-state index is 0.0602. The zero-order valence-corrected chi connectivity index (χ0v) is 16.5. The van der Waals surface area contributed by atoms with Gasteiger partial charge in [-0.15, -0.1) is 0 Å². The second-order valence-corrected chi connectivity index (χ2v) is 7.14. The van der Waals surface area contributed by atoms with Gasteiger partial charge in [-0.25, -0.2) is 9.97 Å². The maximum Gasteiger partial charge on any atom is 0.225 e. The molecule has 0 bridgehead atoms. The molecular formula is C19H29N5O3. The van der Waals surface area contributed by atoms with Gasteiger partial charge in [0.25, 0.3) is 0 Å². The number of aromatic nitrogens is 2. The summed E-state index contributed by atoms with van der Waals surface area (Å²) < 4.78 is 5.01. The maximum absolute atomic E-state index is 12.3. The maximum atomic E-state index is 12.3. The third-order valence-corrected chi connectivity index (χ3v) is 5.39. The Morgan fingerprint density at radius 1 is 1.26 bits per heavy atom. The van der Waals surface area contributed by atoms with Crippen LogP contribution < -0.4 is 5.32 Å². The Morgan fingerprint density at radius 2 is 2.07 bits per heavy atom. The van der Waals surface area contributed by atoms with Crippen LogP contribution in [0.4, 0.5) is 5.82 Å². The van der Waals surface area contributed by atoms with Crippen LogP contribution in [-0.4, -0.2) is 65.4 Å². The highest BCUT2D eigenvalue weighted by molar-refractivity contribution is 5.77. The Balaban J connectivity index is 1.86. The van der Waals surface area contributed by atoms with Gasteiger partial charge in [0.15, 0.2) is 5.82 Å². The van der Waals surface area contributed by atoms with Gasteiger partial charge < -0.3 is 19.9 Å². The van der Waals surface area contributed by atoms with Gasteiger partial charge in [0.2, 0.25) is 11.8 Å². The van der Waals surface area contributed by atoms with Crippen molar-refractivity contribution in [3.05, 3.63) is 17.1 Å². The van der Waals surface area contributed by atoms with Gasteiger partial charge in [-0.3, -0.25) is 9.59 Å². The fraction of sp³-hybridized carbons (Fsp3) is 0.684. The van der Waals surface area contributed by atoms with E-state index in [-0.39, 0.29) is 17.9 Å². The molecule has 0 aromatic carbocycles. The Labute approximate surface area is 160 Å². The van der Waals surface area contributed by atoms with E-state index in [4.69, 9.17) is 14.7 Å². The van der Waals surface area contributed by atoms with E-state index in [1.165, 1.54) is 0 Å². The van der Waals surface area contributed by atoms with Crippen molar-refractivity contribution in [3.63, 3.8) is 0 Å². The number of rotatable bonds is 5. The fourth-order valence-electron chi connectivity index (χ4n) is 3.93. The van der Waals surface area contributed by atoms with E-state index in [0.29, 0.717) is 38.4 Å². The predicted molar refractivity (Wildman–Crippen MR) is 101 cm³/mol. The van der Waals surface area contributed by atoms with Gasteiger partial charge in [0.1, 0.15) is 5.82 Å². The molecule has 1 N–H and O–H groups in total. The lowest BCUT2D eigenvalue weighted by molar-refractivity contribution is -0.134. The molecule has 2 aliphatic heterocycles. The lowest BCUT2D eigenvalue weighted by Gasteiger charge is -2.35. The summed E-state index contributed by atoms with van der Waals surface area (Å²) in [5.41, 5.74) is 1.96. The SMILES string of the molecule is CNc1nc(C2CCCCN2C(C)=O)nc2c1CN(C(=O)CCOC)CC2. The van der Waals surface area contributed by atoms with Gasteiger partial charge in [0, 0.05) is 46.2 Å². The van der Waals surface area contributed by atoms with E-state index in [9.17, 15) is 9.59 Å². The number of carbonyl (C=O) groups excluding carboxylic acids is 2. The number of anilines is 1. The van der Waals surface area contributed by atoms with E-state index < -0.39 is 0 Å². The van der Waals surface area contributed by atoms with Gasteiger partial charge in [-0.1, -0.05) is 0 Å². The van der Waals surface area contributed by atoms with Crippen molar-refractivity contribution >= 4 is 17.6 Å². The molecule has 1 unspecified atom stereocenters. The quantitative estimate of drug-likeness (QED) is 0.839. The van der Waals surface area contributed by atoms with Crippen LogP contribution in [0.3, 0.4) is 0 Å². The number of carbonyl (C=O) groups is 2. The van der Waals surface area contributed by atoms with Gasteiger partial charge in [-0.05, 0) is 19.3 Å². The summed E-state index contributed by atoms with van der Waals surface area (Å²) in [6.45, 7) is 3.96. The minimum atomic E-state index is -0.0602. The summed E-state index contributed by atoms with van der Waals surface area (Å²) in [6.07, 6.45) is 4.08. The van der Waals surface area contributed by atoms with Crippen molar-refractivity contribution in [2.45, 2.75) is 51.6 Å². The number of hydrogen-bond donors (Lipinski definition) is 1. The first kappa shape index (κ1) is 19.5. The van der Waals surface area contributed by atoms with Crippen LogP contribution in [-0.2, 0) is 27.3 Å². The Kier molecular flexibility index (Phi) is 6.26. The van der Waals surface area contributed by atoms with Crippen LogP contribution in [0.1, 0.15) is 55.7 Å². The van der Waals surface area contributed by atoms with Gasteiger partial charge in [0.05, 0.1) is 31.3 Å². The minimum Gasteiger partial charge on any atom is -0.384 e. The average Bonchev–Trinajstić information content (AvgIpc) is 2.70. The Bertz CT molecular complexity index is 692. The molecule has 1 fully saturated rings. The van der Waals surface area contributed by atoms with Crippen molar-refractivity contribution in [1.29, 1.82) is 0 Å². The van der Waals surface area contributed by atoms with Crippen LogP contribution >= 0.6 is 0 Å². The normalized spacial score (nSPS) is 19.6. The first-order valence-corrected chi connectivity index (χ1v) is 9.66. The molecule has 8 nitrogen and oxygen atoms in total. The van der Waals surface area contributed by atoms with Crippen LogP contribution in [0.25, 0.3) is 0 Å². The molecule has 3 heterocycles. The molecule has 2 aliphatic rings. The zero-order chi connectivity index (χ0) is 19.4. The summed E-state index contributed by atoms with van der Waals surface area (Å²) in [5.74, 6) is 1.63. The van der Waals surface area contributed by atoms with E-state index >= 15 is 0 Å². The number of likely N-dealkylation sites (tertiary alicyclic amines) is 1. The topological polar surface area (TPSA) is 87.7 Å². The van der Waals surface area contributed by atoms with E-state index in [2.05, 4.69) is 5.32 Å². The van der Waals surface area contributed by atoms with E-state index in [1.54, 1.807) is 14.0 Å². The highest BCUT2D eigenvalue weighted by atomic mass is 16.5. The standard InChI is InChI=1S/C19H29N5O3/c1-13(25)24-9-5-4-6-16(24)19-21-15-7-10-23(17(26)8-11-27-3)12-14(15)18(20-2)22-19/h16H,4-12H2,1-3H3,(H,20,21,22). The molecule has 2 amide bonds. The van der Waals surface area contributed by atoms with Crippen molar-refractivity contribution < 1.29 is 14.3 Å². The van der Waals surface area contributed by atoms with Crippen LogP contribution in [0, 0.1) is 0 Å². The molecule has 1 saturated heterocycles. The number of nitrogens with zero attached hydrogens (tertiary/aromatic N) is 4. The van der Waals surface area contributed by atoms with E-state index in [0.717, 1.165) is 42.9 Å². The number of piperidine rings is 1. The van der Waals surface area contributed by atoms with Crippen LogP contribution in [0.5, 0.6) is 0 Å². The molecule has 27 heavy (non-hydrogen) atoms. The van der Waals surface area contributed by atoms with Gasteiger partial charge >= 0.3 is 0 Å².